The monoisotopic (exact) mass is 385 g/mol. The summed E-state index contributed by atoms with van der Waals surface area (Å²) in [6.07, 6.45) is 1.72. The maximum absolute atomic E-state index is 12.5. The molecule has 1 aliphatic heterocycles. The third-order valence-electron chi connectivity index (χ3n) is 4.64. The van der Waals surface area contributed by atoms with Crippen LogP contribution in [0.3, 0.4) is 0 Å². The van der Waals surface area contributed by atoms with E-state index in [1.165, 1.54) is 0 Å². The summed E-state index contributed by atoms with van der Waals surface area (Å²) in [6.45, 7) is 2.47. The second-order valence-electron chi connectivity index (χ2n) is 6.49. The molecule has 2 aromatic rings. The van der Waals surface area contributed by atoms with Crippen molar-refractivity contribution in [2.45, 2.75) is 19.9 Å². The zero-order valence-electron chi connectivity index (χ0n) is 16.1. The minimum atomic E-state index is -0.447. The van der Waals surface area contributed by atoms with Gasteiger partial charge in [-0.05, 0) is 31.2 Å². The highest BCUT2D eigenvalue weighted by Crippen LogP contribution is 2.25. The van der Waals surface area contributed by atoms with E-state index in [9.17, 15) is 9.59 Å². The van der Waals surface area contributed by atoms with Gasteiger partial charge in [0.2, 0.25) is 11.8 Å². The van der Waals surface area contributed by atoms with Gasteiger partial charge in [-0.3, -0.25) is 9.59 Å². The Labute approximate surface area is 163 Å². The van der Waals surface area contributed by atoms with Gasteiger partial charge in [0.05, 0.1) is 38.7 Å². The summed E-state index contributed by atoms with van der Waals surface area (Å²) in [6, 6.07) is 8.92. The molecular formula is C20H23N3O5. The molecule has 2 heterocycles. The van der Waals surface area contributed by atoms with Gasteiger partial charge in [0.1, 0.15) is 17.3 Å². The number of nitrogens with one attached hydrogen (secondary N) is 1. The maximum atomic E-state index is 12.5. The number of ether oxygens (including phenoxy) is 2. The van der Waals surface area contributed by atoms with Gasteiger partial charge in [-0.25, -0.2) is 5.43 Å². The Morgan fingerprint density at radius 3 is 2.82 bits per heavy atom. The Hall–Kier alpha value is -3.29. The van der Waals surface area contributed by atoms with Crippen molar-refractivity contribution in [3.05, 3.63) is 47.9 Å². The predicted molar refractivity (Wildman–Crippen MR) is 102 cm³/mol. The summed E-state index contributed by atoms with van der Waals surface area (Å²) in [5, 5.41) is 4.18. The first-order valence-electron chi connectivity index (χ1n) is 8.88. The first kappa shape index (κ1) is 19.5. The fourth-order valence-corrected chi connectivity index (χ4v) is 3.08. The average Bonchev–Trinajstić information content (AvgIpc) is 3.35. The van der Waals surface area contributed by atoms with Gasteiger partial charge in [0, 0.05) is 24.6 Å². The lowest BCUT2D eigenvalue weighted by molar-refractivity contribution is -0.129. The fraction of sp³-hybridized carbons (Fsp3) is 0.350. The van der Waals surface area contributed by atoms with E-state index in [1.807, 2.05) is 6.07 Å². The number of nitrogens with zero attached hydrogens (tertiary/aromatic N) is 2. The van der Waals surface area contributed by atoms with Crippen LogP contribution in [0.25, 0.3) is 0 Å². The number of hydrazone groups is 1. The molecule has 0 radical (unpaired) electrons. The van der Waals surface area contributed by atoms with Gasteiger partial charge in [-0.2, -0.15) is 5.10 Å². The lowest BCUT2D eigenvalue weighted by atomic mass is 10.1. The minimum Gasteiger partial charge on any atom is -0.497 e. The first-order valence-corrected chi connectivity index (χ1v) is 8.88. The summed E-state index contributed by atoms with van der Waals surface area (Å²) in [7, 11) is 3.13. The van der Waals surface area contributed by atoms with Gasteiger partial charge >= 0.3 is 0 Å². The molecule has 3 rings (SSSR count). The van der Waals surface area contributed by atoms with Crippen LogP contribution in [0.1, 0.15) is 24.7 Å². The summed E-state index contributed by atoms with van der Waals surface area (Å²) in [4.78, 5) is 26.2. The van der Waals surface area contributed by atoms with Crippen molar-refractivity contribution < 1.29 is 23.5 Å². The molecule has 1 aliphatic rings. The predicted octanol–water partition coefficient (Wildman–Crippen LogP) is 2.19. The minimum absolute atomic E-state index is 0.0749. The highest BCUT2D eigenvalue weighted by Gasteiger charge is 2.34. The number of benzene rings is 1. The van der Waals surface area contributed by atoms with Crippen LogP contribution in [-0.2, 0) is 16.1 Å². The quantitative estimate of drug-likeness (QED) is 0.582. The number of likely N-dealkylation sites (tertiary alicyclic amines) is 1. The van der Waals surface area contributed by atoms with Gasteiger partial charge in [-0.1, -0.05) is 0 Å². The number of carbonyl (C=O) groups is 2. The molecule has 1 aromatic carbocycles. The number of methoxy groups -OCH3 is 2. The van der Waals surface area contributed by atoms with Crippen LogP contribution in [0.5, 0.6) is 11.5 Å². The van der Waals surface area contributed by atoms with Crippen molar-refractivity contribution in [3.63, 3.8) is 0 Å². The van der Waals surface area contributed by atoms with Crippen molar-refractivity contribution in [2.75, 3.05) is 20.8 Å². The third kappa shape index (κ3) is 4.33. The Morgan fingerprint density at radius 2 is 2.14 bits per heavy atom. The van der Waals surface area contributed by atoms with E-state index < -0.39 is 5.92 Å². The first-order chi connectivity index (χ1) is 13.5. The Bertz CT molecular complexity index is 876. The molecule has 0 spiro atoms. The van der Waals surface area contributed by atoms with Gasteiger partial charge in [0.25, 0.3) is 0 Å². The molecule has 1 aromatic heterocycles. The molecule has 2 amide bonds. The maximum Gasteiger partial charge on any atom is 0.245 e. The lowest BCUT2D eigenvalue weighted by Crippen LogP contribution is -2.30. The molecule has 28 heavy (non-hydrogen) atoms. The molecular weight excluding hydrogens is 362 g/mol. The molecule has 0 saturated carbocycles. The highest BCUT2D eigenvalue weighted by atomic mass is 16.5. The Morgan fingerprint density at radius 1 is 1.32 bits per heavy atom. The van der Waals surface area contributed by atoms with Gasteiger partial charge in [0.15, 0.2) is 0 Å². The van der Waals surface area contributed by atoms with Crippen LogP contribution < -0.4 is 14.9 Å². The zero-order chi connectivity index (χ0) is 20.1. The van der Waals surface area contributed by atoms with Crippen LogP contribution in [0.2, 0.25) is 0 Å². The van der Waals surface area contributed by atoms with E-state index in [0.29, 0.717) is 36.1 Å². The van der Waals surface area contributed by atoms with Crippen molar-refractivity contribution in [1.29, 1.82) is 0 Å². The summed E-state index contributed by atoms with van der Waals surface area (Å²) < 4.78 is 15.8. The lowest BCUT2D eigenvalue weighted by Gasteiger charge is -2.14. The molecule has 8 nitrogen and oxygen atoms in total. The zero-order valence-corrected chi connectivity index (χ0v) is 16.1. The summed E-state index contributed by atoms with van der Waals surface area (Å²) in [5.74, 6) is 1.14. The van der Waals surface area contributed by atoms with Gasteiger partial charge in [-0.15, -0.1) is 0 Å². The van der Waals surface area contributed by atoms with Crippen molar-refractivity contribution in [2.24, 2.45) is 11.0 Å². The normalized spacial score (nSPS) is 17.0. The molecule has 1 fully saturated rings. The van der Waals surface area contributed by atoms with E-state index in [0.717, 1.165) is 5.56 Å². The van der Waals surface area contributed by atoms with Crippen molar-refractivity contribution >= 4 is 17.5 Å². The van der Waals surface area contributed by atoms with Crippen LogP contribution in [-0.4, -0.2) is 43.2 Å². The van der Waals surface area contributed by atoms with Gasteiger partial charge < -0.3 is 18.8 Å². The Kier molecular flexibility index (Phi) is 5.98. The Balaban J connectivity index is 1.62. The molecule has 1 saturated heterocycles. The summed E-state index contributed by atoms with van der Waals surface area (Å²) in [5.41, 5.74) is 3.89. The number of amides is 2. The van der Waals surface area contributed by atoms with Crippen LogP contribution in [0.4, 0.5) is 0 Å². The number of hydrogen-bond donors (Lipinski definition) is 1. The topological polar surface area (TPSA) is 93.4 Å². The van der Waals surface area contributed by atoms with E-state index in [4.69, 9.17) is 13.9 Å². The number of carbonyl (C=O) groups excluding carboxylic acids is 2. The standard InChI is InChI=1S/C20H23N3O5/c1-13(17-7-6-15(26-2)10-18(17)27-3)21-22-20(25)14-9-19(24)23(11-14)12-16-5-4-8-28-16/h4-8,10,14H,9,11-12H2,1-3H3,(H,22,25)/b21-13+. The third-order valence-corrected chi connectivity index (χ3v) is 4.64. The van der Waals surface area contributed by atoms with E-state index in [2.05, 4.69) is 10.5 Å². The largest absolute Gasteiger partial charge is 0.497 e. The van der Waals surface area contributed by atoms with Crippen molar-refractivity contribution in [1.82, 2.24) is 10.3 Å². The molecule has 1 atom stereocenters. The fourth-order valence-electron chi connectivity index (χ4n) is 3.08. The number of hydrogen-bond acceptors (Lipinski definition) is 6. The molecule has 1 unspecified atom stereocenters. The smallest absolute Gasteiger partial charge is 0.245 e. The van der Waals surface area contributed by atoms with Crippen LogP contribution in [0, 0.1) is 5.92 Å². The van der Waals surface area contributed by atoms with E-state index >= 15 is 0 Å². The number of furan rings is 1. The highest BCUT2D eigenvalue weighted by molar-refractivity contribution is 6.02. The van der Waals surface area contributed by atoms with Crippen LogP contribution >= 0.6 is 0 Å². The molecule has 148 valence electrons. The van der Waals surface area contributed by atoms with Crippen LogP contribution in [0.15, 0.2) is 46.1 Å². The van der Waals surface area contributed by atoms with E-state index in [-0.39, 0.29) is 18.2 Å². The second kappa shape index (κ2) is 8.60. The number of rotatable bonds is 7. The SMILES string of the molecule is COc1ccc(/C(C)=N/NC(=O)C2CC(=O)N(Cc3ccco3)C2)c(OC)c1. The second-order valence-corrected chi connectivity index (χ2v) is 6.49. The molecule has 0 aliphatic carbocycles. The molecule has 1 N–H and O–H groups in total. The van der Waals surface area contributed by atoms with Crippen molar-refractivity contribution in [3.8, 4) is 11.5 Å². The van der Waals surface area contributed by atoms with E-state index in [1.54, 1.807) is 56.6 Å². The molecule has 8 heteroatoms. The average molecular weight is 385 g/mol. The summed E-state index contributed by atoms with van der Waals surface area (Å²) >= 11 is 0. The molecule has 0 bridgehead atoms.